The number of hydrogen-bond acceptors (Lipinski definition) is 3. The predicted molar refractivity (Wildman–Crippen MR) is 88.9 cm³/mol. The molecule has 0 spiro atoms. The van der Waals surface area contributed by atoms with Crippen molar-refractivity contribution < 1.29 is 9.35 Å². The zero-order valence-corrected chi connectivity index (χ0v) is 14.9. The van der Waals surface area contributed by atoms with Crippen LogP contribution in [0.3, 0.4) is 0 Å². The van der Waals surface area contributed by atoms with Gasteiger partial charge in [-0.15, -0.1) is 0 Å². The second kappa shape index (κ2) is 7.18. The van der Waals surface area contributed by atoms with E-state index in [-0.39, 0.29) is 10.6 Å². The van der Waals surface area contributed by atoms with Gasteiger partial charge in [0, 0.05) is 12.1 Å². The Morgan fingerprint density at radius 1 is 1.00 bits per heavy atom. The van der Waals surface area contributed by atoms with Gasteiger partial charge in [0.05, 0.1) is 11.5 Å². The molecule has 21 heavy (non-hydrogen) atoms. The number of benzene rings is 1. The van der Waals surface area contributed by atoms with Gasteiger partial charge in [0.2, 0.25) is 8.32 Å². The van der Waals surface area contributed by atoms with Gasteiger partial charge in [-0.05, 0) is 34.3 Å². The van der Waals surface area contributed by atoms with Crippen LogP contribution < -0.4 is 0 Å². The van der Waals surface area contributed by atoms with Crippen LogP contribution in [-0.4, -0.2) is 13.2 Å². The van der Waals surface area contributed by atoms with E-state index >= 15 is 0 Å². The second-order valence-corrected chi connectivity index (χ2v) is 12.0. The molecule has 0 aliphatic heterocycles. The van der Waals surface area contributed by atoms with Crippen molar-refractivity contribution in [2.24, 2.45) is 0 Å². The number of nitro groups is 1. The average molecular weight is 309 g/mol. The molecule has 4 nitrogen and oxygen atoms in total. The molecule has 0 radical (unpaired) electrons. The molecule has 1 aromatic carbocycles. The molecule has 0 aliphatic rings. The number of hydrogen-bond donors (Lipinski definition) is 0. The van der Waals surface area contributed by atoms with Gasteiger partial charge in [-0.3, -0.25) is 10.1 Å². The van der Waals surface area contributed by atoms with Gasteiger partial charge in [-0.1, -0.05) is 41.5 Å². The molecule has 0 amide bonds. The molecule has 0 saturated heterocycles. The van der Waals surface area contributed by atoms with Gasteiger partial charge in [0.25, 0.3) is 5.69 Å². The summed E-state index contributed by atoms with van der Waals surface area (Å²) in [6.45, 7) is 14.1. The third-order valence-corrected chi connectivity index (χ3v) is 10.4. The maximum atomic E-state index is 10.7. The van der Waals surface area contributed by atoms with Crippen LogP contribution in [-0.2, 0) is 11.0 Å². The summed E-state index contributed by atoms with van der Waals surface area (Å²) in [5, 5.41) is 10.7. The van der Waals surface area contributed by atoms with E-state index in [9.17, 15) is 10.1 Å². The molecule has 0 fully saturated rings. The minimum absolute atomic E-state index is 0.124. The lowest BCUT2D eigenvalue weighted by molar-refractivity contribution is -0.384. The van der Waals surface area contributed by atoms with Gasteiger partial charge >= 0.3 is 0 Å². The number of nitro benzene ring substituents is 1. The maximum Gasteiger partial charge on any atom is 0.269 e. The molecule has 0 aromatic heterocycles. The highest BCUT2D eigenvalue weighted by atomic mass is 28.4. The highest BCUT2D eigenvalue weighted by Crippen LogP contribution is 2.42. The summed E-state index contributed by atoms with van der Waals surface area (Å²) in [5.41, 5.74) is 2.74. The van der Waals surface area contributed by atoms with Crippen LogP contribution in [0.5, 0.6) is 0 Å². The topological polar surface area (TPSA) is 52.4 Å². The van der Waals surface area contributed by atoms with E-state index in [2.05, 4.69) is 41.5 Å². The summed E-state index contributed by atoms with van der Waals surface area (Å²) in [5.74, 6) is 0. The highest BCUT2D eigenvalue weighted by Gasteiger charge is 2.44. The molecular weight excluding hydrogens is 282 g/mol. The maximum absolute atomic E-state index is 10.7. The van der Waals surface area contributed by atoms with E-state index in [0.717, 1.165) is 5.56 Å². The van der Waals surface area contributed by atoms with Crippen molar-refractivity contribution in [2.75, 3.05) is 0 Å². The largest absolute Gasteiger partial charge is 0.412 e. The molecule has 0 atom stereocenters. The molecule has 1 rings (SSSR count). The van der Waals surface area contributed by atoms with Crippen molar-refractivity contribution >= 4 is 14.0 Å². The lowest BCUT2D eigenvalue weighted by Gasteiger charge is -2.42. The first-order valence-corrected chi connectivity index (χ1v) is 9.73. The molecule has 1 aromatic rings. The van der Waals surface area contributed by atoms with Crippen LogP contribution >= 0.6 is 0 Å². The zero-order chi connectivity index (χ0) is 16.2. The zero-order valence-electron chi connectivity index (χ0n) is 13.9. The number of non-ortho nitro benzene ring substituents is 1. The molecule has 0 unspecified atom stereocenters. The van der Waals surface area contributed by atoms with Crippen LogP contribution in [0, 0.1) is 10.1 Å². The van der Waals surface area contributed by atoms with E-state index < -0.39 is 8.32 Å². The first-order chi connectivity index (χ1) is 9.71. The van der Waals surface area contributed by atoms with Crippen molar-refractivity contribution in [3.63, 3.8) is 0 Å². The van der Waals surface area contributed by atoms with Crippen LogP contribution in [0.1, 0.15) is 47.1 Å². The monoisotopic (exact) mass is 309 g/mol. The van der Waals surface area contributed by atoms with Crippen molar-refractivity contribution in [1.29, 1.82) is 0 Å². The highest BCUT2D eigenvalue weighted by molar-refractivity contribution is 6.77. The summed E-state index contributed by atoms with van der Waals surface area (Å²) in [7, 11) is -1.88. The summed E-state index contributed by atoms with van der Waals surface area (Å²) < 4.78 is 6.47. The van der Waals surface area contributed by atoms with Gasteiger partial charge in [0.1, 0.15) is 0 Å². The van der Waals surface area contributed by atoms with Crippen LogP contribution in [0.25, 0.3) is 0 Å². The first kappa shape index (κ1) is 17.8. The minimum Gasteiger partial charge on any atom is -0.412 e. The van der Waals surface area contributed by atoms with Crippen LogP contribution in [0.2, 0.25) is 16.6 Å². The van der Waals surface area contributed by atoms with Gasteiger partial charge in [0.15, 0.2) is 0 Å². The van der Waals surface area contributed by atoms with E-state index in [1.54, 1.807) is 24.3 Å². The van der Waals surface area contributed by atoms with Gasteiger partial charge in [-0.2, -0.15) is 0 Å². The van der Waals surface area contributed by atoms with Crippen molar-refractivity contribution in [1.82, 2.24) is 0 Å². The lowest BCUT2D eigenvalue weighted by atomic mass is 10.2. The second-order valence-electron chi connectivity index (χ2n) is 6.53. The van der Waals surface area contributed by atoms with E-state index in [1.165, 1.54) is 0 Å². The van der Waals surface area contributed by atoms with Crippen LogP contribution in [0.4, 0.5) is 5.69 Å². The van der Waals surface area contributed by atoms with Crippen molar-refractivity contribution in [3.8, 4) is 0 Å². The third kappa shape index (κ3) is 3.92. The first-order valence-electron chi connectivity index (χ1n) is 7.59. The third-order valence-electron chi connectivity index (χ3n) is 4.34. The van der Waals surface area contributed by atoms with Crippen molar-refractivity contribution in [2.45, 2.75) is 64.8 Å². The Morgan fingerprint density at radius 3 is 1.76 bits per heavy atom. The molecule has 5 heteroatoms. The predicted octanol–water partition coefficient (Wildman–Crippen LogP) is 5.29. The molecule has 0 saturated carbocycles. The smallest absolute Gasteiger partial charge is 0.269 e. The summed E-state index contributed by atoms with van der Waals surface area (Å²) in [6, 6.07) is 6.67. The Balaban J connectivity index is 2.89. The Morgan fingerprint density at radius 2 is 1.43 bits per heavy atom. The molecule has 0 aliphatic carbocycles. The quantitative estimate of drug-likeness (QED) is 0.391. The van der Waals surface area contributed by atoms with E-state index in [4.69, 9.17) is 4.43 Å². The standard InChI is InChI=1S/C16H27NO3Si/c1-12(2)21(13(3)4,14(5)6)20-11-15-7-9-16(10-8-15)17(18)19/h7-10,12-14H,11H2,1-6H3. The summed E-state index contributed by atoms with van der Waals surface area (Å²) >= 11 is 0. The Kier molecular flexibility index (Phi) is 6.10. The number of nitrogens with zero attached hydrogens (tertiary/aromatic N) is 1. The molecule has 0 bridgehead atoms. The lowest BCUT2D eigenvalue weighted by Crippen LogP contribution is -2.47. The average Bonchev–Trinajstić information content (AvgIpc) is 2.38. The van der Waals surface area contributed by atoms with Crippen molar-refractivity contribution in [3.05, 3.63) is 39.9 Å². The van der Waals surface area contributed by atoms with E-state index in [0.29, 0.717) is 23.2 Å². The fourth-order valence-corrected chi connectivity index (χ4v) is 8.84. The van der Waals surface area contributed by atoms with E-state index in [1.807, 2.05) is 0 Å². The fraction of sp³-hybridized carbons (Fsp3) is 0.625. The SMILES string of the molecule is CC(C)[Si](OCc1ccc([N+](=O)[O-])cc1)(C(C)C)C(C)C. The van der Waals surface area contributed by atoms with Gasteiger partial charge < -0.3 is 4.43 Å². The summed E-state index contributed by atoms with van der Waals surface area (Å²) in [6.07, 6.45) is 0. The fourth-order valence-electron chi connectivity index (χ4n) is 3.42. The van der Waals surface area contributed by atoms with Gasteiger partial charge in [-0.25, -0.2) is 0 Å². The number of rotatable bonds is 7. The van der Waals surface area contributed by atoms with Crippen LogP contribution in [0.15, 0.2) is 24.3 Å². The molecule has 118 valence electrons. The minimum atomic E-state index is -1.88. The molecule has 0 N–H and O–H groups in total. The Labute approximate surface area is 128 Å². The normalized spacial score (nSPS) is 12.4. The molecular formula is C16H27NO3Si. The molecule has 0 heterocycles. The Hall–Kier alpha value is -1.20. The summed E-state index contributed by atoms with van der Waals surface area (Å²) in [4.78, 5) is 10.3. The Bertz CT molecular complexity index is 447.